The molecule has 0 saturated carbocycles. The number of thiazole rings is 1. The Morgan fingerprint density at radius 3 is 2.78 bits per heavy atom. The van der Waals surface area contributed by atoms with Crippen LogP contribution in [0, 0.1) is 0 Å². The van der Waals surface area contributed by atoms with Gasteiger partial charge in [0.15, 0.2) is 5.13 Å². The van der Waals surface area contributed by atoms with E-state index in [-0.39, 0.29) is 17.2 Å². The van der Waals surface area contributed by atoms with Crippen molar-refractivity contribution in [2.24, 2.45) is 7.05 Å². The summed E-state index contributed by atoms with van der Waals surface area (Å²) in [4.78, 5) is 23.4. The highest BCUT2D eigenvalue weighted by molar-refractivity contribution is 7.22. The van der Waals surface area contributed by atoms with Crippen LogP contribution in [0.4, 0.5) is 24.3 Å². The number of ether oxygens (including phenoxy) is 1. The average molecular weight is 536 g/mol. The van der Waals surface area contributed by atoms with Gasteiger partial charge in [-0.15, -0.1) is 13.2 Å². The lowest BCUT2D eigenvalue weighted by molar-refractivity contribution is -0.274. The Morgan fingerprint density at radius 2 is 2.08 bits per heavy atom. The zero-order valence-electron chi connectivity index (χ0n) is 19.9. The van der Waals surface area contributed by atoms with Crippen molar-refractivity contribution < 1.29 is 32.9 Å². The van der Waals surface area contributed by atoms with Gasteiger partial charge < -0.3 is 29.7 Å². The molecular weight excluding hydrogens is 511 g/mol. The zero-order chi connectivity index (χ0) is 26.5. The number of hydrogen-bond acceptors (Lipinski definition) is 8. The molecule has 1 aliphatic heterocycles. The first-order valence-corrected chi connectivity index (χ1v) is 12.4. The highest BCUT2D eigenvalue weighted by Gasteiger charge is 2.32. The number of aliphatic hydroxyl groups excluding tert-OH is 1. The van der Waals surface area contributed by atoms with Crippen LogP contribution in [-0.2, 0) is 7.05 Å². The highest BCUT2D eigenvalue weighted by Crippen LogP contribution is 2.37. The maximum Gasteiger partial charge on any atom is 0.573 e. The first kappa shape index (κ1) is 25.2. The Balaban J connectivity index is 1.49. The van der Waals surface area contributed by atoms with Gasteiger partial charge in [-0.1, -0.05) is 11.3 Å². The third kappa shape index (κ3) is 5.20. The molecule has 0 bridgehead atoms. The summed E-state index contributed by atoms with van der Waals surface area (Å²) in [7, 11) is 1.79. The summed E-state index contributed by atoms with van der Waals surface area (Å²) >= 11 is 1.15. The Labute approximate surface area is 213 Å². The first-order valence-electron chi connectivity index (χ1n) is 11.5. The molecule has 0 radical (unpaired) electrons. The van der Waals surface area contributed by atoms with E-state index in [0.717, 1.165) is 29.8 Å². The van der Waals surface area contributed by atoms with E-state index in [2.05, 4.69) is 19.9 Å². The third-order valence-electron chi connectivity index (χ3n) is 6.34. The van der Waals surface area contributed by atoms with E-state index in [1.807, 2.05) is 0 Å². The molecule has 196 valence electrons. The van der Waals surface area contributed by atoms with Gasteiger partial charge in [0.2, 0.25) is 5.95 Å². The zero-order valence-corrected chi connectivity index (χ0v) is 20.7. The van der Waals surface area contributed by atoms with E-state index in [4.69, 9.17) is 4.98 Å². The minimum Gasteiger partial charge on any atom is -0.478 e. The van der Waals surface area contributed by atoms with Crippen LogP contribution in [0.5, 0.6) is 5.75 Å². The molecule has 5 rings (SSSR count). The predicted molar refractivity (Wildman–Crippen MR) is 133 cm³/mol. The lowest BCUT2D eigenvalue weighted by atomic mass is 9.92. The number of halogens is 3. The van der Waals surface area contributed by atoms with Crippen LogP contribution in [0.25, 0.3) is 21.3 Å². The average Bonchev–Trinajstić information content (AvgIpc) is 3.49. The van der Waals surface area contributed by atoms with Gasteiger partial charge in [-0.05, 0) is 49.7 Å². The number of alkyl halides is 3. The number of carboxylic acids is 1. The second kappa shape index (κ2) is 9.47. The molecule has 1 aliphatic rings. The molecule has 0 amide bonds. The van der Waals surface area contributed by atoms with Crippen LogP contribution >= 0.6 is 11.3 Å². The number of aromatic carboxylic acids is 1. The lowest BCUT2D eigenvalue weighted by Gasteiger charge is -2.18. The van der Waals surface area contributed by atoms with Gasteiger partial charge in [0.05, 0.1) is 32.9 Å². The standard InChI is InChI=1S/C24H24F3N5O4S/c1-12(33)10-32-8-7-13(11-32)19-15(21(34)35)4-6-17-20(19)29-22(31(17)2)30-23-28-16-5-3-14(9-18(16)37-23)36-24(25,26)27/h3-6,9,12-13,33H,7-8,10-11H2,1-2H3,(H,34,35)(H,28,29,30)/t12-,13?/m1/s1. The fourth-order valence-electron chi connectivity index (χ4n) is 4.85. The van der Waals surface area contributed by atoms with Crippen molar-refractivity contribution in [2.45, 2.75) is 31.7 Å². The van der Waals surface area contributed by atoms with Crippen molar-refractivity contribution in [1.82, 2.24) is 19.4 Å². The number of hydrogen-bond donors (Lipinski definition) is 3. The molecule has 2 aromatic carbocycles. The molecule has 3 heterocycles. The number of carboxylic acid groups (broad SMARTS) is 1. The fourth-order valence-corrected chi connectivity index (χ4v) is 5.74. The Hall–Kier alpha value is -3.42. The number of anilines is 2. The number of benzene rings is 2. The van der Waals surface area contributed by atoms with Crippen LogP contribution in [0.2, 0.25) is 0 Å². The molecule has 1 saturated heterocycles. The van der Waals surface area contributed by atoms with Gasteiger partial charge >= 0.3 is 12.3 Å². The normalized spacial score (nSPS) is 17.5. The number of nitrogens with zero attached hydrogens (tertiary/aromatic N) is 4. The van der Waals surface area contributed by atoms with E-state index < -0.39 is 18.4 Å². The summed E-state index contributed by atoms with van der Waals surface area (Å²) in [5.41, 5.74) is 2.64. The van der Waals surface area contributed by atoms with E-state index in [9.17, 15) is 28.2 Å². The maximum atomic E-state index is 12.6. The predicted octanol–water partition coefficient (Wildman–Crippen LogP) is 4.69. The molecular formula is C24H24F3N5O4S. The molecule has 9 nitrogen and oxygen atoms in total. The Bertz CT molecular complexity index is 1480. The second-order valence-electron chi connectivity index (χ2n) is 9.11. The number of aliphatic hydroxyl groups is 1. The molecule has 1 unspecified atom stereocenters. The van der Waals surface area contributed by atoms with Crippen molar-refractivity contribution in [3.05, 3.63) is 41.5 Å². The number of β-amino-alcohol motifs (C(OH)–C–C–N with tert-alkyl or cyclic N) is 1. The second-order valence-corrected chi connectivity index (χ2v) is 10.1. The van der Waals surface area contributed by atoms with Gasteiger partial charge in [0, 0.05) is 32.1 Å². The van der Waals surface area contributed by atoms with E-state index in [0.29, 0.717) is 45.5 Å². The number of fused-ring (bicyclic) bond motifs is 2. The molecule has 3 N–H and O–H groups in total. The summed E-state index contributed by atoms with van der Waals surface area (Å²) in [6.07, 6.45) is -4.53. The van der Waals surface area contributed by atoms with Gasteiger partial charge in [-0.2, -0.15) is 0 Å². The van der Waals surface area contributed by atoms with E-state index >= 15 is 0 Å². The largest absolute Gasteiger partial charge is 0.573 e. The highest BCUT2D eigenvalue weighted by atomic mass is 32.1. The summed E-state index contributed by atoms with van der Waals surface area (Å²) in [5, 5.41) is 23.2. The topological polar surface area (TPSA) is 113 Å². The SMILES string of the molecule is C[C@@H](O)CN1CCC(c2c(C(=O)O)ccc3c2nc(Nc2nc4ccc(OC(F)(F)F)cc4s2)n3C)C1. The van der Waals surface area contributed by atoms with Crippen LogP contribution in [0.15, 0.2) is 30.3 Å². The summed E-state index contributed by atoms with van der Waals surface area (Å²) in [5.74, 6) is -1.01. The van der Waals surface area contributed by atoms with E-state index in [1.165, 1.54) is 18.2 Å². The number of likely N-dealkylation sites (tertiary alicyclic amines) is 1. The number of carbonyl (C=O) groups is 1. The van der Waals surface area contributed by atoms with Crippen molar-refractivity contribution in [3.8, 4) is 5.75 Å². The molecule has 2 aromatic heterocycles. The van der Waals surface area contributed by atoms with Crippen molar-refractivity contribution in [3.63, 3.8) is 0 Å². The number of imidazole rings is 1. The van der Waals surface area contributed by atoms with Crippen LogP contribution in [0.3, 0.4) is 0 Å². The quantitative estimate of drug-likeness (QED) is 0.312. The molecule has 4 aromatic rings. The molecule has 13 heteroatoms. The molecule has 37 heavy (non-hydrogen) atoms. The Kier molecular flexibility index (Phi) is 6.46. The van der Waals surface area contributed by atoms with Crippen molar-refractivity contribution >= 4 is 49.6 Å². The number of nitrogens with one attached hydrogen (secondary N) is 1. The molecule has 0 spiro atoms. The smallest absolute Gasteiger partial charge is 0.478 e. The Morgan fingerprint density at radius 1 is 1.30 bits per heavy atom. The third-order valence-corrected chi connectivity index (χ3v) is 7.27. The lowest BCUT2D eigenvalue weighted by Crippen LogP contribution is -2.28. The van der Waals surface area contributed by atoms with Crippen LogP contribution in [0.1, 0.15) is 35.2 Å². The monoisotopic (exact) mass is 535 g/mol. The minimum absolute atomic E-state index is 0.0641. The van der Waals surface area contributed by atoms with Crippen LogP contribution < -0.4 is 10.1 Å². The summed E-state index contributed by atoms with van der Waals surface area (Å²) in [6.45, 7) is 3.59. The van der Waals surface area contributed by atoms with E-state index in [1.54, 1.807) is 30.7 Å². The van der Waals surface area contributed by atoms with Crippen LogP contribution in [-0.4, -0.2) is 67.7 Å². The molecule has 1 fully saturated rings. The number of aromatic nitrogens is 3. The number of rotatable bonds is 7. The van der Waals surface area contributed by atoms with Gasteiger partial charge in [0.25, 0.3) is 0 Å². The summed E-state index contributed by atoms with van der Waals surface area (Å²) < 4.78 is 44.0. The number of aryl methyl sites for hydroxylation is 1. The molecule has 0 aliphatic carbocycles. The molecule has 2 atom stereocenters. The van der Waals surface area contributed by atoms with Gasteiger partial charge in [-0.25, -0.2) is 14.8 Å². The summed E-state index contributed by atoms with van der Waals surface area (Å²) in [6, 6.07) is 7.22. The van der Waals surface area contributed by atoms with Crippen molar-refractivity contribution in [2.75, 3.05) is 25.0 Å². The fraction of sp³-hybridized carbons (Fsp3) is 0.375. The van der Waals surface area contributed by atoms with Gasteiger partial charge in [-0.3, -0.25) is 0 Å². The maximum absolute atomic E-state index is 12.6. The van der Waals surface area contributed by atoms with Crippen molar-refractivity contribution in [1.29, 1.82) is 0 Å². The first-order chi connectivity index (χ1) is 17.5. The minimum atomic E-state index is -4.79. The van der Waals surface area contributed by atoms with Gasteiger partial charge in [0.1, 0.15) is 5.75 Å².